The number of aliphatic hydroxyl groups is 2. The van der Waals surface area contributed by atoms with Crippen LogP contribution in [-0.2, 0) is 14.0 Å². The molecular weight excluding hydrogens is 557 g/mol. The lowest BCUT2D eigenvalue weighted by molar-refractivity contribution is -0.152. The normalized spacial score (nSPS) is 14.4. The first-order valence-electron chi connectivity index (χ1n) is 16.7. The number of terminal acetylenes is 1. The van der Waals surface area contributed by atoms with Gasteiger partial charge in [0.25, 0.3) is 0 Å². The monoisotopic (exact) mass is 622 g/mol. The highest BCUT2D eigenvalue weighted by molar-refractivity contribution is 6.83. The standard InChI is InChI=1S/C35H66O5Si2/c1-10-11-16-23-31(36)24-17-15-18-25-32(37)30-34(38)40-33(27-20-22-29-41(5,6)7)26-19-13-12-14-21-28-39-42(8,9)35(2,3)4/h1,31-33,36-37H,11-21,23-28,30H2,2-9H3. The van der Waals surface area contributed by atoms with Crippen molar-refractivity contribution < 1.29 is 24.2 Å². The maximum Gasteiger partial charge on any atom is 0.308 e. The Hall–Kier alpha value is -1.10. The van der Waals surface area contributed by atoms with Crippen molar-refractivity contribution in [2.75, 3.05) is 6.61 Å². The van der Waals surface area contributed by atoms with E-state index < -0.39 is 22.5 Å². The average molecular weight is 623 g/mol. The number of hydrogen-bond donors (Lipinski definition) is 2. The summed E-state index contributed by atoms with van der Waals surface area (Å²) in [4.78, 5) is 12.6. The highest BCUT2D eigenvalue weighted by Gasteiger charge is 2.36. The predicted molar refractivity (Wildman–Crippen MR) is 183 cm³/mol. The molecule has 42 heavy (non-hydrogen) atoms. The molecule has 0 aromatic rings. The summed E-state index contributed by atoms with van der Waals surface area (Å²) in [6, 6.07) is 0. The Morgan fingerprint density at radius 3 is 1.93 bits per heavy atom. The van der Waals surface area contributed by atoms with Crippen LogP contribution in [0.15, 0.2) is 0 Å². The van der Waals surface area contributed by atoms with Crippen LogP contribution in [0, 0.1) is 23.8 Å². The number of aliphatic hydroxyl groups excluding tert-OH is 2. The first-order chi connectivity index (χ1) is 19.6. The molecule has 0 bridgehead atoms. The zero-order valence-electron chi connectivity index (χ0n) is 28.7. The van der Waals surface area contributed by atoms with Gasteiger partial charge in [-0.15, -0.1) is 23.8 Å². The number of ether oxygens (including phenoxy) is 1. The van der Waals surface area contributed by atoms with Crippen molar-refractivity contribution in [1.82, 2.24) is 0 Å². The van der Waals surface area contributed by atoms with Gasteiger partial charge < -0.3 is 19.4 Å². The smallest absolute Gasteiger partial charge is 0.308 e. The summed E-state index contributed by atoms with van der Waals surface area (Å²) < 4.78 is 12.1. The highest BCUT2D eigenvalue weighted by Crippen LogP contribution is 2.36. The van der Waals surface area contributed by atoms with Crippen LogP contribution in [-0.4, -0.2) is 57.5 Å². The number of hydrogen-bond acceptors (Lipinski definition) is 5. The van der Waals surface area contributed by atoms with E-state index in [0.717, 1.165) is 96.5 Å². The molecule has 0 aliphatic heterocycles. The molecule has 0 fully saturated rings. The first-order valence-corrected chi connectivity index (χ1v) is 23.1. The molecule has 7 heteroatoms. The van der Waals surface area contributed by atoms with E-state index in [1.165, 1.54) is 0 Å². The van der Waals surface area contributed by atoms with Crippen LogP contribution in [0.5, 0.6) is 0 Å². The first kappa shape index (κ1) is 40.9. The molecular formula is C35H66O5Si2. The molecule has 0 heterocycles. The summed E-state index contributed by atoms with van der Waals surface area (Å²) in [7, 11) is -3.08. The van der Waals surface area contributed by atoms with Gasteiger partial charge in [0.15, 0.2) is 8.32 Å². The molecule has 5 nitrogen and oxygen atoms in total. The van der Waals surface area contributed by atoms with Crippen molar-refractivity contribution in [2.24, 2.45) is 0 Å². The third kappa shape index (κ3) is 23.4. The Morgan fingerprint density at radius 1 is 0.762 bits per heavy atom. The molecule has 244 valence electrons. The van der Waals surface area contributed by atoms with Crippen LogP contribution < -0.4 is 0 Å². The van der Waals surface area contributed by atoms with Gasteiger partial charge in [-0.05, 0) is 69.5 Å². The van der Waals surface area contributed by atoms with Crippen LogP contribution in [0.2, 0.25) is 37.8 Å². The minimum atomic E-state index is -1.66. The quantitative estimate of drug-likeness (QED) is 0.0516. The molecule has 0 saturated carbocycles. The molecule has 0 aromatic heterocycles. The maximum absolute atomic E-state index is 12.6. The van der Waals surface area contributed by atoms with Crippen molar-refractivity contribution in [3.8, 4) is 23.8 Å². The van der Waals surface area contributed by atoms with Crippen molar-refractivity contribution in [3.05, 3.63) is 0 Å². The SMILES string of the molecule is C#CCCCC(O)CCCCCC(O)CC(=O)OC(CCC#C[Si](C)(C)C)CCCCCCCO[Si](C)(C)C(C)(C)C. The summed E-state index contributed by atoms with van der Waals surface area (Å²) in [5, 5.41) is 20.6. The molecule has 0 aliphatic carbocycles. The molecule has 0 aliphatic rings. The fourth-order valence-electron chi connectivity index (χ4n) is 4.42. The zero-order valence-corrected chi connectivity index (χ0v) is 30.7. The van der Waals surface area contributed by atoms with Gasteiger partial charge >= 0.3 is 5.97 Å². The van der Waals surface area contributed by atoms with E-state index in [2.05, 4.69) is 70.9 Å². The van der Waals surface area contributed by atoms with E-state index in [1.807, 2.05) is 0 Å². The van der Waals surface area contributed by atoms with E-state index in [0.29, 0.717) is 12.8 Å². The fourth-order valence-corrected chi connectivity index (χ4v) is 6.16. The van der Waals surface area contributed by atoms with Gasteiger partial charge in [0, 0.05) is 19.4 Å². The number of esters is 1. The number of carbonyl (C=O) groups is 1. The van der Waals surface area contributed by atoms with Crippen LogP contribution >= 0.6 is 0 Å². The van der Waals surface area contributed by atoms with Crippen LogP contribution in [0.3, 0.4) is 0 Å². The molecule has 3 unspecified atom stereocenters. The lowest BCUT2D eigenvalue weighted by Crippen LogP contribution is -2.40. The van der Waals surface area contributed by atoms with Gasteiger partial charge in [-0.1, -0.05) is 78.9 Å². The molecule has 2 N–H and O–H groups in total. The van der Waals surface area contributed by atoms with Crippen LogP contribution in [0.4, 0.5) is 0 Å². The van der Waals surface area contributed by atoms with Gasteiger partial charge in [0.2, 0.25) is 0 Å². The van der Waals surface area contributed by atoms with E-state index in [-0.39, 0.29) is 29.6 Å². The number of rotatable bonds is 23. The zero-order chi connectivity index (χ0) is 32.1. The minimum absolute atomic E-state index is 0.0417. The van der Waals surface area contributed by atoms with Crippen LogP contribution in [0.1, 0.15) is 130 Å². The lowest BCUT2D eigenvalue weighted by Gasteiger charge is -2.36. The third-order valence-corrected chi connectivity index (χ3v) is 13.6. The van der Waals surface area contributed by atoms with Crippen molar-refractivity contribution in [3.63, 3.8) is 0 Å². The predicted octanol–water partition coefficient (Wildman–Crippen LogP) is 8.79. The van der Waals surface area contributed by atoms with Crippen molar-refractivity contribution in [2.45, 2.75) is 186 Å². The maximum atomic E-state index is 12.6. The summed E-state index contributed by atoms with van der Waals surface area (Å²) in [5.74, 6) is 5.61. The van der Waals surface area contributed by atoms with Gasteiger partial charge in [0.05, 0.1) is 18.6 Å². The third-order valence-electron chi connectivity index (χ3n) is 8.13. The molecule has 0 saturated heterocycles. The Morgan fingerprint density at radius 2 is 1.31 bits per heavy atom. The van der Waals surface area contributed by atoms with Crippen molar-refractivity contribution in [1.29, 1.82) is 0 Å². The van der Waals surface area contributed by atoms with E-state index >= 15 is 0 Å². The Labute approximate surface area is 262 Å². The van der Waals surface area contributed by atoms with Gasteiger partial charge in [-0.25, -0.2) is 0 Å². The van der Waals surface area contributed by atoms with Gasteiger partial charge in [0.1, 0.15) is 14.2 Å². The second-order valence-corrected chi connectivity index (χ2v) is 24.2. The summed E-state index contributed by atoms with van der Waals surface area (Å²) in [5.41, 5.74) is 3.41. The Bertz CT molecular complexity index is 810. The fraction of sp³-hybridized carbons (Fsp3) is 0.857. The molecule has 0 aromatic carbocycles. The second kappa shape index (κ2) is 22.4. The molecule has 0 spiro atoms. The summed E-state index contributed by atoms with van der Waals surface area (Å²) in [6.45, 7) is 19.0. The van der Waals surface area contributed by atoms with E-state index in [4.69, 9.17) is 15.6 Å². The molecule has 0 radical (unpaired) electrons. The van der Waals surface area contributed by atoms with Gasteiger partial charge in [-0.2, -0.15) is 0 Å². The highest BCUT2D eigenvalue weighted by atomic mass is 28.4. The number of unbranched alkanes of at least 4 members (excludes halogenated alkanes) is 7. The van der Waals surface area contributed by atoms with E-state index in [9.17, 15) is 15.0 Å². The molecule has 0 rings (SSSR count). The van der Waals surface area contributed by atoms with Crippen molar-refractivity contribution >= 4 is 22.4 Å². The summed E-state index contributed by atoms with van der Waals surface area (Å²) in [6.07, 6.45) is 18.4. The second-order valence-electron chi connectivity index (χ2n) is 14.6. The van der Waals surface area contributed by atoms with E-state index in [1.54, 1.807) is 0 Å². The lowest BCUT2D eigenvalue weighted by atomic mass is 10.0. The topological polar surface area (TPSA) is 76.0 Å². The molecule has 0 amide bonds. The minimum Gasteiger partial charge on any atom is -0.462 e. The number of carbonyl (C=O) groups excluding carboxylic acids is 1. The largest absolute Gasteiger partial charge is 0.462 e. The average Bonchev–Trinajstić information content (AvgIpc) is 2.86. The molecule has 3 atom stereocenters. The van der Waals surface area contributed by atoms with Gasteiger partial charge in [-0.3, -0.25) is 4.79 Å². The Balaban J connectivity index is 4.42. The Kier molecular flexibility index (Phi) is 21.8. The van der Waals surface area contributed by atoms with Crippen LogP contribution in [0.25, 0.3) is 0 Å². The summed E-state index contributed by atoms with van der Waals surface area (Å²) >= 11 is 0.